The largest absolute Gasteiger partial charge is 0.473 e. The predicted octanol–water partition coefficient (Wildman–Crippen LogP) is 5.32. The van der Waals surface area contributed by atoms with Gasteiger partial charge < -0.3 is 14.4 Å². The lowest BCUT2D eigenvalue weighted by Gasteiger charge is -2.50. The van der Waals surface area contributed by atoms with Crippen LogP contribution in [-0.4, -0.2) is 26.6 Å². The number of rotatable bonds is 5. The molecule has 2 aliphatic heterocycles. The van der Waals surface area contributed by atoms with E-state index >= 15 is 0 Å². The number of nitrogens with zero attached hydrogens (tertiary/aromatic N) is 4. The van der Waals surface area contributed by atoms with Crippen molar-refractivity contribution in [1.82, 2.24) is 14.5 Å². The zero-order valence-electron chi connectivity index (χ0n) is 19.5. The fraction of sp³-hybridized carbons (Fsp3) is 0.400. The topological polar surface area (TPSA) is 69.5 Å². The van der Waals surface area contributed by atoms with E-state index in [0.29, 0.717) is 18.2 Å². The molecule has 11 heteroatoms. The molecule has 1 atom stereocenters. The summed E-state index contributed by atoms with van der Waals surface area (Å²) in [5.41, 5.74) is -1.09. The standard InChI is InChI=1S/C25H24F4N4O3/c1-24-7-2-3-10-33(24)22-14-21(31-23(34)32(22)11-8-24)35-15-16-4-5-19(18(26)12-16)36-17-6-9-30-20(13-17)25(27,28)29/h4-6,9,12-14H,2-3,7-8,10-11,15H2,1H3. The molecule has 1 unspecified atom stereocenters. The summed E-state index contributed by atoms with van der Waals surface area (Å²) in [5.74, 6) is -0.275. The molecule has 1 fully saturated rings. The number of hydrogen-bond donors (Lipinski definition) is 0. The van der Waals surface area contributed by atoms with Crippen LogP contribution >= 0.6 is 0 Å². The third-order valence-corrected chi connectivity index (χ3v) is 6.75. The van der Waals surface area contributed by atoms with E-state index in [9.17, 15) is 22.4 Å². The molecule has 3 aromatic rings. The highest BCUT2D eigenvalue weighted by molar-refractivity contribution is 5.47. The zero-order valence-corrected chi connectivity index (χ0v) is 19.5. The zero-order chi connectivity index (χ0) is 25.5. The molecule has 2 aromatic heterocycles. The first-order chi connectivity index (χ1) is 17.1. The fourth-order valence-electron chi connectivity index (χ4n) is 4.80. The number of piperidine rings is 1. The summed E-state index contributed by atoms with van der Waals surface area (Å²) in [4.78, 5) is 22.2. The van der Waals surface area contributed by atoms with Gasteiger partial charge in [0.05, 0.1) is 0 Å². The second-order valence-electron chi connectivity index (χ2n) is 9.27. The summed E-state index contributed by atoms with van der Waals surface area (Å²) in [6.45, 7) is 3.61. The van der Waals surface area contributed by atoms with E-state index in [4.69, 9.17) is 9.47 Å². The molecule has 0 N–H and O–H groups in total. The number of ether oxygens (including phenoxy) is 2. The SMILES string of the molecule is CC12CCCCN1c1cc(OCc3ccc(Oc4ccnc(C(F)(F)F)c4)c(F)c3)nc(=O)n1CC2. The molecule has 0 saturated carbocycles. The van der Waals surface area contributed by atoms with Gasteiger partial charge in [0.25, 0.3) is 0 Å². The maximum atomic E-state index is 14.6. The van der Waals surface area contributed by atoms with Crippen LogP contribution in [0.4, 0.5) is 23.4 Å². The lowest BCUT2D eigenvalue weighted by molar-refractivity contribution is -0.141. The number of benzene rings is 1. The minimum absolute atomic E-state index is 0.00203. The van der Waals surface area contributed by atoms with Crippen LogP contribution in [0.25, 0.3) is 0 Å². The van der Waals surface area contributed by atoms with Crippen molar-refractivity contribution in [2.75, 3.05) is 11.4 Å². The van der Waals surface area contributed by atoms with Crippen LogP contribution in [0.2, 0.25) is 0 Å². The number of halogens is 4. The third-order valence-electron chi connectivity index (χ3n) is 6.75. The van der Waals surface area contributed by atoms with Crippen LogP contribution in [0.15, 0.2) is 47.4 Å². The van der Waals surface area contributed by atoms with Crippen LogP contribution in [0.5, 0.6) is 17.4 Å². The smallest absolute Gasteiger partial charge is 0.433 e. The van der Waals surface area contributed by atoms with E-state index < -0.39 is 17.7 Å². The maximum Gasteiger partial charge on any atom is 0.433 e. The van der Waals surface area contributed by atoms with Crippen LogP contribution < -0.4 is 20.1 Å². The Morgan fingerprint density at radius 2 is 1.92 bits per heavy atom. The molecular weight excluding hydrogens is 480 g/mol. The van der Waals surface area contributed by atoms with Crippen molar-refractivity contribution in [3.63, 3.8) is 0 Å². The minimum atomic E-state index is -4.64. The Labute approximate surface area is 204 Å². The summed E-state index contributed by atoms with van der Waals surface area (Å²) >= 11 is 0. The van der Waals surface area contributed by atoms with Gasteiger partial charge in [0.15, 0.2) is 11.6 Å². The fourth-order valence-corrected chi connectivity index (χ4v) is 4.80. The van der Waals surface area contributed by atoms with E-state index in [1.807, 2.05) is 0 Å². The summed E-state index contributed by atoms with van der Waals surface area (Å²) in [6.07, 6.45) is 0.448. The van der Waals surface area contributed by atoms with E-state index in [-0.39, 0.29) is 35.2 Å². The Kier molecular flexibility index (Phi) is 6.09. The number of pyridine rings is 1. The summed E-state index contributed by atoms with van der Waals surface area (Å²) in [6, 6.07) is 7.64. The van der Waals surface area contributed by atoms with Crippen LogP contribution in [0.1, 0.15) is 43.9 Å². The summed E-state index contributed by atoms with van der Waals surface area (Å²) < 4.78 is 65.8. The van der Waals surface area contributed by atoms with Crippen molar-refractivity contribution in [3.8, 4) is 17.4 Å². The van der Waals surface area contributed by atoms with Crippen LogP contribution in [-0.2, 0) is 19.3 Å². The monoisotopic (exact) mass is 504 g/mol. The molecule has 0 spiro atoms. The number of alkyl halides is 3. The van der Waals surface area contributed by atoms with Crippen molar-refractivity contribution in [3.05, 3.63) is 70.2 Å². The van der Waals surface area contributed by atoms with Gasteiger partial charge in [0.1, 0.15) is 23.9 Å². The Bertz CT molecular complexity index is 1340. The lowest BCUT2D eigenvalue weighted by atomic mass is 9.84. The molecule has 36 heavy (non-hydrogen) atoms. The van der Waals surface area contributed by atoms with Gasteiger partial charge in [0, 0.05) is 37.0 Å². The average Bonchev–Trinajstić information content (AvgIpc) is 2.83. The van der Waals surface area contributed by atoms with E-state index in [0.717, 1.165) is 50.3 Å². The van der Waals surface area contributed by atoms with Crippen molar-refractivity contribution in [2.45, 2.75) is 57.5 Å². The molecule has 5 rings (SSSR count). The van der Waals surface area contributed by atoms with Gasteiger partial charge in [-0.05, 0) is 56.4 Å². The van der Waals surface area contributed by atoms with Crippen LogP contribution in [0.3, 0.4) is 0 Å². The lowest BCUT2D eigenvalue weighted by Crippen LogP contribution is -2.55. The number of aromatic nitrogens is 3. The molecule has 4 heterocycles. The molecule has 0 radical (unpaired) electrons. The van der Waals surface area contributed by atoms with Gasteiger partial charge in [-0.15, -0.1) is 0 Å². The summed E-state index contributed by atoms with van der Waals surface area (Å²) in [7, 11) is 0. The highest BCUT2D eigenvalue weighted by Gasteiger charge is 2.39. The van der Waals surface area contributed by atoms with Crippen molar-refractivity contribution < 1.29 is 27.0 Å². The average molecular weight is 504 g/mol. The summed E-state index contributed by atoms with van der Waals surface area (Å²) in [5, 5.41) is 0. The van der Waals surface area contributed by atoms with Gasteiger partial charge in [-0.1, -0.05) is 6.07 Å². The number of fused-ring (bicyclic) bond motifs is 3. The molecule has 1 aromatic carbocycles. The molecule has 2 aliphatic rings. The highest BCUT2D eigenvalue weighted by atomic mass is 19.4. The normalized spacial score (nSPS) is 19.4. The molecule has 0 aliphatic carbocycles. The molecule has 0 amide bonds. The first-order valence-electron chi connectivity index (χ1n) is 11.6. The maximum absolute atomic E-state index is 14.6. The minimum Gasteiger partial charge on any atom is -0.473 e. The molecule has 7 nitrogen and oxygen atoms in total. The van der Waals surface area contributed by atoms with Gasteiger partial charge in [-0.3, -0.25) is 9.55 Å². The molecular formula is C25H24F4N4O3. The first-order valence-corrected chi connectivity index (χ1v) is 11.6. The molecule has 190 valence electrons. The van der Waals surface area contributed by atoms with E-state index in [1.54, 1.807) is 10.6 Å². The Morgan fingerprint density at radius 1 is 1.08 bits per heavy atom. The first kappa shape index (κ1) is 24.1. The van der Waals surface area contributed by atoms with Crippen molar-refractivity contribution in [2.24, 2.45) is 0 Å². The van der Waals surface area contributed by atoms with Gasteiger partial charge in [-0.25, -0.2) is 9.18 Å². The second-order valence-corrected chi connectivity index (χ2v) is 9.27. The Morgan fingerprint density at radius 3 is 2.69 bits per heavy atom. The predicted molar refractivity (Wildman–Crippen MR) is 123 cm³/mol. The van der Waals surface area contributed by atoms with Gasteiger partial charge >= 0.3 is 11.9 Å². The number of hydrogen-bond acceptors (Lipinski definition) is 6. The second kappa shape index (κ2) is 9.11. The Hall–Kier alpha value is -3.63. The van der Waals surface area contributed by atoms with E-state index in [2.05, 4.69) is 21.8 Å². The van der Waals surface area contributed by atoms with Gasteiger partial charge in [-0.2, -0.15) is 18.2 Å². The quantitative estimate of drug-likeness (QED) is 0.438. The van der Waals surface area contributed by atoms with Crippen molar-refractivity contribution >= 4 is 5.82 Å². The number of anilines is 1. The molecule has 1 saturated heterocycles. The highest BCUT2D eigenvalue weighted by Crippen LogP contribution is 2.39. The molecule has 0 bridgehead atoms. The Balaban J connectivity index is 1.30. The van der Waals surface area contributed by atoms with Gasteiger partial charge in [0.2, 0.25) is 5.88 Å². The van der Waals surface area contributed by atoms with Crippen LogP contribution in [0, 0.1) is 5.82 Å². The third kappa shape index (κ3) is 4.74. The van der Waals surface area contributed by atoms with E-state index in [1.165, 1.54) is 18.2 Å². The van der Waals surface area contributed by atoms with Crippen molar-refractivity contribution in [1.29, 1.82) is 0 Å².